The lowest BCUT2D eigenvalue weighted by atomic mass is 9.82. The van der Waals surface area contributed by atoms with E-state index in [2.05, 4.69) is 21.2 Å². The third-order valence-corrected chi connectivity index (χ3v) is 4.18. The van der Waals surface area contributed by atoms with Crippen LogP contribution in [0.2, 0.25) is 0 Å². The van der Waals surface area contributed by atoms with Crippen LogP contribution in [-0.4, -0.2) is 18.0 Å². The summed E-state index contributed by atoms with van der Waals surface area (Å²) in [6, 6.07) is 8.43. The number of halogens is 1. The van der Waals surface area contributed by atoms with Gasteiger partial charge >= 0.3 is 0 Å². The zero-order valence-corrected chi connectivity index (χ0v) is 12.7. The lowest BCUT2D eigenvalue weighted by Gasteiger charge is -2.22. The van der Waals surface area contributed by atoms with Gasteiger partial charge in [0, 0.05) is 15.6 Å². The van der Waals surface area contributed by atoms with Gasteiger partial charge in [0.25, 0.3) is 0 Å². The zero-order valence-electron chi connectivity index (χ0n) is 11.1. The highest BCUT2D eigenvalue weighted by molar-refractivity contribution is 9.10. The van der Waals surface area contributed by atoms with Crippen molar-refractivity contribution >= 4 is 39.6 Å². The Morgan fingerprint density at radius 2 is 1.62 bits per heavy atom. The van der Waals surface area contributed by atoms with Gasteiger partial charge in [0.15, 0.2) is 11.6 Å². The minimum atomic E-state index is -0.256. The summed E-state index contributed by atoms with van der Waals surface area (Å²) in [7, 11) is 0. The third-order valence-electron chi connectivity index (χ3n) is 3.55. The Balaban J connectivity index is 2.39. The number of amides is 1. The summed E-state index contributed by atoms with van der Waals surface area (Å²) in [4.78, 5) is 36.2. The second kappa shape index (κ2) is 4.93. The van der Waals surface area contributed by atoms with Crippen molar-refractivity contribution in [2.24, 2.45) is 0 Å². The van der Waals surface area contributed by atoms with E-state index in [-0.39, 0.29) is 17.1 Å². The predicted octanol–water partition coefficient (Wildman–Crippen LogP) is 3.10. The maximum absolute atomic E-state index is 12.7. The minimum absolute atomic E-state index is 0.221. The van der Waals surface area contributed by atoms with Gasteiger partial charge in [-0.1, -0.05) is 24.3 Å². The Morgan fingerprint density at radius 1 is 1.05 bits per heavy atom. The first-order chi connectivity index (χ1) is 10.1. The van der Waals surface area contributed by atoms with Crippen LogP contribution >= 0.6 is 15.9 Å². The van der Waals surface area contributed by atoms with Gasteiger partial charge in [-0.15, -0.1) is 0 Å². The number of ketones is 2. The van der Waals surface area contributed by atoms with Crippen molar-refractivity contribution in [3.8, 4) is 0 Å². The number of hydrogen-bond acceptors (Lipinski definition) is 3. The molecule has 0 saturated heterocycles. The molecular weight excluding hydrogens is 334 g/mol. The average Bonchev–Trinajstić information content (AvgIpc) is 2.47. The van der Waals surface area contributed by atoms with Crippen LogP contribution in [0.3, 0.4) is 0 Å². The molecule has 104 valence electrons. The van der Waals surface area contributed by atoms with Gasteiger partial charge in [-0.3, -0.25) is 14.4 Å². The Kier molecular flexibility index (Phi) is 3.22. The standard InChI is InChI=1S/C16H10BrNO3/c1-8-6-11(17)12-13(14(8)18-7-19)16(21)10-5-3-2-4-9(10)15(12)20/h2-7H,1H3,(H,18,19). The molecule has 0 atom stereocenters. The number of rotatable bonds is 2. The van der Waals surface area contributed by atoms with E-state index in [0.29, 0.717) is 38.8 Å². The summed E-state index contributed by atoms with van der Waals surface area (Å²) >= 11 is 3.35. The van der Waals surface area contributed by atoms with Crippen molar-refractivity contribution in [2.75, 3.05) is 5.32 Å². The fourth-order valence-corrected chi connectivity index (χ4v) is 3.34. The Hall–Kier alpha value is -2.27. The van der Waals surface area contributed by atoms with E-state index in [1.165, 1.54) is 0 Å². The van der Waals surface area contributed by atoms with E-state index in [9.17, 15) is 14.4 Å². The van der Waals surface area contributed by atoms with E-state index in [1.54, 1.807) is 37.3 Å². The van der Waals surface area contributed by atoms with Crippen LogP contribution in [0.1, 0.15) is 37.4 Å². The quantitative estimate of drug-likeness (QED) is 0.727. The van der Waals surface area contributed by atoms with Crippen LogP contribution < -0.4 is 5.32 Å². The van der Waals surface area contributed by atoms with E-state index in [0.717, 1.165) is 0 Å². The molecular formula is C16H10BrNO3. The molecule has 2 aromatic rings. The molecule has 1 aliphatic rings. The molecule has 1 aliphatic carbocycles. The number of carbonyl (C=O) groups is 3. The molecule has 21 heavy (non-hydrogen) atoms. The first-order valence-corrected chi connectivity index (χ1v) is 7.07. The fraction of sp³-hybridized carbons (Fsp3) is 0.0625. The smallest absolute Gasteiger partial charge is 0.211 e. The first kappa shape index (κ1) is 13.7. The van der Waals surface area contributed by atoms with Crippen molar-refractivity contribution < 1.29 is 14.4 Å². The number of anilines is 1. The van der Waals surface area contributed by atoms with Crippen LogP contribution in [0.15, 0.2) is 34.8 Å². The topological polar surface area (TPSA) is 63.2 Å². The fourth-order valence-electron chi connectivity index (χ4n) is 2.62. The number of benzene rings is 2. The van der Waals surface area contributed by atoms with Crippen LogP contribution in [-0.2, 0) is 4.79 Å². The molecule has 1 N–H and O–H groups in total. The van der Waals surface area contributed by atoms with Crippen LogP contribution in [0.25, 0.3) is 0 Å². The van der Waals surface area contributed by atoms with E-state index in [1.807, 2.05) is 0 Å². The molecule has 0 radical (unpaired) electrons. The summed E-state index contributed by atoms with van der Waals surface area (Å²) in [5, 5.41) is 2.54. The monoisotopic (exact) mass is 343 g/mol. The van der Waals surface area contributed by atoms with Crippen molar-refractivity contribution in [3.63, 3.8) is 0 Å². The largest absolute Gasteiger partial charge is 0.328 e. The van der Waals surface area contributed by atoms with Crippen molar-refractivity contribution in [3.05, 3.63) is 62.6 Å². The number of carbonyl (C=O) groups excluding carboxylic acids is 3. The molecule has 0 aromatic heterocycles. The highest BCUT2D eigenvalue weighted by Crippen LogP contribution is 2.38. The first-order valence-electron chi connectivity index (χ1n) is 6.28. The summed E-state index contributed by atoms with van der Waals surface area (Å²) in [5.74, 6) is -0.477. The molecule has 0 fully saturated rings. The molecule has 4 nitrogen and oxygen atoms in total. The molecule has 5 heteroatoms. The second-order valence-corrected chi connectivity index (χ2v) is 5.62. The molecule has 2 aromatic carbocycles. The number of aryl methyl sites for hydroxylation is 1. The minimum Gasteiger partial charge on any atom is -0.328 e. The van der Waals surface area contributed by atoms with Gasteiger partial charge < -0.3 is 5.32 Å². The third kappa shape index (κ3) is 1.93. The zero-order chi connectivity index (χ0) is 15.1. The Bertz CT molecular complexity index is 811. The van der Waals surface area contributed by atoms with Gasteiger partial charge in [-0.2, -0.15) is 0 Å². The van der Waals surface area contributed by atoms with Gasteiger partial charge in [0.2, 0.25) is 6.41 Å². The highest BCUT2D eigenvalue weighted by atomic mass is 79.9. The lowest BCUT2D eigenvalue weighted by molar-refractivity contribution is -0.105. The van der Waals surface area contributed by atoms with E-state index >= 15 is 0 Å². The molecule has 1 amide bonds. The van der Waals surface area contributed by atoms with Gasteiger partial charge in [0.05, 0.1) is 16.8 Å². The SMILES string of the molecule is Cc1cc(Br)c2c(c1NC=O)C(=O)c1ccccc1C2=O. The summed E-state index contributed by atoms with van der Waals surface area (Å²) in [6.07, 6.45) is 0.509. The molecule has 0 unspecified atom stereocenters. The normalized spacial score (nSPS) is 12.7. The molecule has 0 aliphatic heterocycles. The van der Waals surface area contributed by atoms with Crippen LogP contribution in [0, 0.1) is 6.92 Å². The van der Waals surface area contributed by atoms with Gasteiger partial charge in [-0.25, -0.2) is 0 Å². The number of hydrogen-bond donors (Lipinski definition) is 1. The number of nitrogens with one attached hydrogen (secondary N) is 1. The van der Waals surface area contributed by atoms with Crippen molar-refractivity contribution in [1.29, 1.82) is 0 Å². The van der Waals surface area contributed by atoms with Crippen LogP contribution in [0.4, 0.5) is 5.69 Å². The predicted molar refractivity (Wildman–Crippen MR) is 81.9 cm³/mol. The van der Waals surface area contributed by atoms with E-state index < -0.39 is 0 Å². The molecule has 0 saturated carbocycles. The molecule has 3 rings (SSSR count). The molecule has 0 spiro atoms. The maximum Gasteiger partial charge on any atom is 0.211 e. The Labute approximate surface area is 129 Å². The molecule has 0 heterocycles. The molecule has 0 bridgehead atoms. The summed E-state index contributed by atoms with van der Waals surface area (Å²) in [5.41, 5.74) is 2.40. The van der Waals surface area contributed by atoms with Crippen molar-refractivity contribution in [1.82, 2.24) is 0 Å². The average molecular weight is 344 g/mol. The van der Waals surface area contributed by atoms with Gasteiger partial charge in [-0.05, 0) is 34.5 Å². The van der Waals surface area contributed by atoms with Gasteiger partial charge in [0.1, 0.15) is 0 Å². The van der Waals surface area contributed by atoms with Crippen molar-refractivity contribution in [2.45, 2.75) is 6.92 Å². The highest BCUT2D eigenvalue weighted by Gasteiger charge is 2.34. The lowest BCUT2D eigenvalue weighted by Crippen LogP contribution is -2.23. The Morgan fingerprint density at radius 3 is 2.19 bits per heavy atom. The van der Waals surface area contributed by atoms with E-state index in [4.69, 9.17) is 0 Å². The maximum atomic E-state index is 12.7. The second-order valence-electron chi connectivity index (χ2n) is 4.77. The summed E-state index contributed by atoms with van der Waals surface area (Å²) < 4.78 is 0.555. The number of fused-ring (bicyclic) bond motifs is 2. The summed E-state index contributed by atoms with van der Waals surface area (Å²) in [6.45, 7) is 1.77. The van der Waals surface area contributed by atoms with Crippen LogP contribution in [0.5, 0.6) is 0 Å².